The van der Waals surface area contributed by atoms with Crippen LogP contribution in [0.25, 0.3) is 33.4 Å². The van der Waals surface area contributed by atoms with Crippen LogP contribution in [0.3, 0.4) is 0 Å². The van der Waals surface area contributed by atoms with Crippen molar-refractivity contribution in [3.05, 3.63) is 120 Å². The third-order valence-corrected chi connectivity index (χ3v) is 6.72. The molecule has 0 bridgehead atoms. The summed E-state index contributed by atoms with van der Waals surface area (Å²) in [6.45, 7) is 1.81. The molecule has 0 saturated carbocycles. The number of hydrogen-bond acceptors (Lipinski definition) is 3. The van der Waals surface area contributed by atoms with Crippen molar-refractivity contribution in [3.63, 3.8) is 0 Å². The van der Waals surface area contributed by atoms with Gasteiger partial charge in [-0.3, -0.25) is 4.79 Å². The number of aromatic nitrogens is 4. The van der Waals surface area contributed by atoms with Gasteiger partial charge in [-0.2, -0.15) is 18.3 Å². The summed E-state index contributed by atoms with van der Waals surface area (Å²) in [5.74, 6) is -0.567. The fourth-order valence-electron chi connectivity index (χ4n) is 4.71. The van der Waals surface area contributed by atoms with E-state index in [0.29, 0.717) is 10.1 Å². The van der Waals surface area contributed by atoms with Gasteiger partial charge < -0.3 is 9.88 Å². The molecule has 3 aromatic heterocycles. The summed E-state index contributed by atoms with van der Waals surface area (Å²) in [6.07, 6.45) is 0.275. The smallest absolute Gasteiger partial charge is 0.345 e. The molecule has 6 nitrogen and oxygen atoms in total. The Morgan fingerprint density at radius 1 is 0.923 bits per heavy atom. The second-order valence-electron chi connectivity index (χ2n) is 9.22. The molecule has 0 aliphatic rings. The van der Waals surface area contributed by atoms with Gasteiger partial charge in [0.25, 0.3) is 5.91 Å². The number of rotatable bonds is 5. The molecule has 0 aliphatic heterocycles. The zero-order valence-electron chi connectivity index (χ0n) is 20.7. The van der Waals surface area contributed by atoms with Crippen LogP contribution in [-0.2, 0) is 6.18 Å². The molecule has 39 heavy (non-hydrogen) atoms. The van der Waals surface area contributed by atoms with Crippen molar-refractivity contribution in [2.45, 2.75) is 19.1 Å². The maximum absolute atomic E-state index is 14.1. The fraction of sp³-hybridized carbons (Fsp3) is 0.100. The predicted octanol–water partition coefficient (Wildman–Crippen LogP) is 6.85. The number of nitrogens with one attached hydrogen (secondary N) is 1. The Hall–Kier alpha value is -4.92. The van der Waals surface area contributed by atoms with Crippen LogP contribution in [0.5, 0.6) is 0 Å². The normalized spacial score (nSPS) is 12.6. The molecule has 0 aliphatic carbocycles. The molecule has 9 heteroatoms. The average molecular weight is 526 g/mol. The maximum atomic E-state index is 14.1. The van der Waals surface area contributed by atoms with E-state index in [1.54, 1.807) is 12.1 Å². The van der Waals surface area contributed by atoms with Crippen LogP contribution < -0.4 is 5.32 Å². The van der Waals surface area contributed by atoms with Crippen molar-refractivity contribution in [1.29, 1.82) is 0 Å². The number of hydrogen-bond donors (Lipinski definition) is 1. The van der Waals surface area contributed by atoms with Gasteiger partial charge in [-0.05, 0) is 53.6 Å². The first-order valence-electron chi connectivity index (χ1n) is 12.3. The average Bonchev–Trinajstić information content (AvgIpc) is 3.62. The molecule has 0 fully saturated rings. The van der Waals surface area contributed by atoms with Gasteiger partial charge in [0, 0.05) is 23.6 Å². The molecule has 1 unspecified atom stereocenters. The van der Waals surface area contributed by atoms with Gasteiger partial charge in [-0.1, -0.05) is 54.6 Å². The van der Waals surface area contributed by atoms with Gasteiger partial charge >= 0.3 is 6.18 Å². The van der Waals surface area contributed by atoms with Gasteiger partial charge in [0.1, 0.15) is 5.56 Å². The zero-order chi connectivity index (χ0) is 27.1. The van der Waals surface area contributed by atoms with Crippen LogP contribution in [0.2, 0.25) is 0 Å². The number of carbonyl (C=O) groups excluding carboxylic acids is 1. The van der Waals surface area contributed by atoms with Gasteiger partial charge in [0.05, 0.1) is 17.9 Å². The van der Waals surface area contributed by atoms with E-state index in [9.17, 15) is 18.0 Å². The molecule has 0 saturated heterocycles. The Morgan fingerprint density at radius 2 is 1.64 bits per heavy atom. The lowest BCUT2D eigenvalue weighted by Gasteiger charge is -2.15. The van der Waals surface area contributed by atoms with Crippen molar-refractivity contribution in [2.75, 3.05) is 0 Å². The molecule has 6 rings (SSSR count). The lowest BCUT2D eigenvalue weighted by atomic mass is 10.0. The van der Waals surface area contributed by atoms with E-state index >= 15 is 0 Å². The second-order valence-corrected chi connectivity index (χ2v) is 9.22. The first-order chi connectivity index (χ1) is 18.8. The summed E-state index contributed by atoms with van der Waals surface area (Å²) >= 11 is 0. The molecular formula is C30H22F3N5O. The van der Waals surface area contributed by atoms with E-state index in [2.05, 4.69) is 15.4 Å². The maximum Gasteiger partial charge on any atom is 0.433 e. The summed E-state index contributed by atoms with van der Waals surface area (Å²) in [4.78, 5) is 17.8. The third-order valence-electron chi connectivity index (χ3n) is 6.72. The van der Waals surface area contributed by atoms with Crippen LogP contribution in [0.15, 0.2) is 104 Å². The summed E-state index contributed by atoms with van der Waals surface area (Å²) in [5.41, 5.74) is 1.23. The molecule has 0 spiro atoms. The lowest BCUT2D eigenvalue weighted by Crippen LogP contribution is -2.26. The van der Waals surface area contributed by atoms with Crippen LogP contribution in [-0.4, -0.2) is 25.1 Å². The first-order valence-corrected chi connectivity index (χ1v) is 12.3. The Labute approximate surface area is 221 Å². The van der Waals surface area contributed by atoms with Gasteiger partial charge in [0.2, 0.25) is 0 Å². The minimum atomic E-state index is -4.71. The standard InChI is InChI=1S/C30H22F3N5O/c1-19(20-11-13-22(14-12-20)37-15-4-5-16-37)35-29(39)25-18-34-38-27(30(31,32)33)17-26(36-28(25)38)24-10-6-8-21-7-2-3-9-23(21)24/h2-19H,1H3,(H,35,39). The summed E-state index contributed by atoms with van der Waals surface area (Å²) < 4.78 is 45.0. The Morgan fingerprint density at radius 3 is 2.38 bits per heavy atom. The van der Waals surface area contributed by atoms with Crippen molar-refractivity contribution in [2.24, 2.45) is 0 Å². The predicted molar refractivity (Wildman–Crippen MR) is 143 cm³/mol. The number of alkyl halides is 3. The molecule has 1 amide bonds. The van der Waals surface area contributed by atoms with E-state index in [1.165, 1.54) is 0 Å². The highest BCUT2D eigenvalue weighted by Gasteiger charge is 2.36. The van der Waals surface area contributed by atoms with Gasteiger partial charge in [-0.15, -0.1) is 0 Å². The third kappa shape index (κ3) is 4.52. The molecule has 3 aromatic carbocycles. The summed E-state index contributed by atoms with van der Waals surface area (Å²) in [7, 11) is 0. The topological polar surface area (TPSA) is 64.2 Å². The Bertz CT molecular complexity index is 1800. The number of nitrogens with zero attached hydrogens (tertiary/aromatic N) is 4. The highest BCUT2D eigenvalue weighted by Crippen LogP contribution is 2.35. The number of benzene rings is 3. The fourth-order valence-corrected chi connectivity index (χ4v) is 4.71. The first kappa shape index (κ1) is 24.4. The highest BCUT2D eigenvalue weighted by molar-refractivity contribution is 6.01. The molecule has 194 valence electrons. The molecule has 3 heterocycles. The van der Waals surface area contributed by atoms with Crippen molar-refractivity contribution >= 4 is 22.3 Å². The number of halogens is 3. The van der Waals surface area contributed by atoms with E-state index in [-0.39, 0.29) is 16.9 Å². The summed E-state index contributed by atoms with van der Waals surface area (Å²) in [6, 6.07) is 24.8. The van der Waals surface area contributed by atoms with Crippen LogP contribution >= 0.6 is 0 Å². The van der Waals surface area contributed by atoms with Crippen molar-refractivity contribution < 1.29 is 18.0 Å². The molecule has 1 N–H and O–H groups in total. The van der Waals surface area contributed by atoms with E-state index in [1.807, 2.05) is 90.6 Å². The monoisotopic (exact) mass is 525 g/mol. The van der Waals surface area contributed by atoms with Gasteiger partial charge in [0.15, 0.2) is 11.3 Å². The largest absolute Gasteiger partial charge is 0.433 e. The highest BCUT2D eigenvalue weighted by atomic mass is 19.4. The minimum absolute atomic E-state index is 0.0432. The van der Waals surface area contributed by atoms with E-state index in [0.717, 1.165) is 34.3 Å². The summed E-state index contributed by atoms with van der Waals surface area (Å²) in [5, 5.41) is 8.39. The van der Waals surface area contributed by atoms with E-state index in [4.69, 9.17) is 0 Å². The number of amides is 1. The molecule has 0 radical (unpaired) electrons. The number of carbonyl (C=O) groups is 1. The van der Waals surface area contributed by atoms with Crippen LogP contribution in [0, 0.1) is 0 Å². The van der Waals surface area contributed by atoms with Crippen LogP contribution in [0.4, 0.5) is 13.2 Å². The minimum Gasteiger partial charge on any atom is -0.345 e. The molecular weight excluding hydrogens is 503 g/mol. The van der Waals surface area contributed by atoms with Crippen LogP contribution in [0.1, 0.15) is 34.6 Å². The molecule has 6 aromatic rings. The van der Waals surface area contributed by atoms with Gasteiger partial charge in [-0.25, -0.2) is 9.50 Å². The lowest BCUT2D eigenvalue weighted by molar-refractivity contribution is -0.142. The zero-order valence-corrected chi connectivity index (χ0v) is 20.7. The SMILES string of the molecule is CC(NC(=O)c1cnn2c(C(F)(F)F)cc(-c3cccc4ccccc34)nc12)c1ccc(-n2cccc2)cc1. The Kier molecular flexibility index (Phi) is 5.91. The Balaban J connectivity index is 1.37. The second kappa shape index (κ2) is 9.43. The quantitative estimate of drug-likeness (QED) is 0.268. The van der Waals surface area contributed by atoms with E-state index < -0.39 is 23.8 Å². The van der Waals surface area contributed by atoms with Crippen molar-refractivity contribution in [3.8, 4) is 16.9 Å². The number of fused-ring (bicyclic) bond motifs is 2. The molecule has 1 atom stereocenters. The van der Waals surface area contributed by atoms with Crippen molar-refractivity contribution in [1.82, 2.24) is 24.5 Å².